The van der Waals surface area contributed by atoms with Gasteiger partial charge in [0, 0.05) is 7.05 Å². The van der Waals surface area contributed by atoms with Gasteiger partial charge in [-0.15, -0.1) is 0 Å². The average molecular weight is 194 g/mol. The van der Waals surface area contributed by atoms with Crippen molar-refractivity contribution in [3.63, 3.8) is 0 Å². The number of rotatable bonds is 3. The molecule has 0 spiro atoms. The summed E-state index contributed by atoms with van der Waals surface area (Å²) in [4.78, 5) is 0. The molecule has 0 saturated heterocycles. The maximum atomic E-state index is 5.49. The van der Waals surface area contributed by atoms with E-state index in [4.69, 9.17) is 4.74 Å². The molecular weight excluding hydrogens is 184 g/mol. The van der Waals surface area contributed by atoms with Crippen molar-refractivity contribution >= 4 is 11.3 Å². The van der Waals surface area contributed by atoms with Gasteiger partial charge in [0.05, 0.1) is 12.4 Å². The molecule has 0 bridgehead atoms. The molecule has 0 aromatic carbocycles. The van der Waals surface area contributed by atoms with Crippen LogP contribution < -0.4 is 4.74 Å². The molecule has 0 fully saturated rings. The van der Waals surface area contributed by atoms with Crippen molar-refractivity contribution in [3.8, 4) is 5.75 Å². The summed E-state index contributed by atoms with van der Waals surface area (Å²) in [6.45, 7) is 0.620. The van der Waals surface area contributed by atoms with Gasteiger partial charge in [0.1, 0.15) is 6.61 Å². The normalized spacial score (nSPS) is 10.2. The number of ether oxygens (including phenoxy) is 1. The molecule has 0 amide bonds. The molecule has 2 aromatic rings. The Morgan fingerprint density at radius 2 is 2.54 bits per heavy atom. The van der Waals surface area contributed by atoms with Crippen LogP contribution in [0.2, 0.25) is 0 Å². The lowest BCUT2D eigenvalue weighted by atomic mass is 10.4. The molecule has 4 heteroatoms. The number of thiophene rings is 1. The van der Waals surface area contributed by atoms with Crippen molar-refractivity contribution in [2.45, 2.75) is 6.61 Å². The van der Waals surface area contributed by atoms with E-state index in [2.05, 4.69) is 16.5 Å². The van der Waals surface area contributed by atoms with Gasteiger partial charge in [0.2, 0.25) is 0 Å². The first-order valence-corrected chi connectivity index (χ1v) is 4.91. The molecular formula is C9H10N2OS. The first-order chi connectivity index (χ1) is 6.34. The van der Waals surface area contributed by atoms with Crippen LogP contribution in [-0.2, 0) is 13.7 Å². The lowest BCUT2D eigenvalue weighted by molar-refractivity contribution is 0.306. The van der Waals surface area contributed by atoms with Crippen molar-refractivity contribution in [1.29, 1.82) is 0 Å². The molecule has 0 unspecified atom stereocenters. The summed E-state index contributed by atoms with van der Waals surface area (Å²) in [6.07, 6.45) is 3.57. The van der Waals surface area contributed by atoms with Crippen LogP contribution in [-0.4, -0.2) is 9.78 Å². The van der Waals surface area contributed by atoms with E-state index in [0.29, 0.717) is 6.61 Å². The van der Waals surface area contributed by atoms with Crippen molar-refractivity contribution in [2.75, 3.05) is 0 Å². The second-order valence-corrected chi connectivity index (χ2v) is 3.55. The molecule has 0 radical (unpaired) electrons. The van der Waals surface area contributed by atoms with Gasteiger partial charge < -0.3 is 4.74 Å². The van der Waals surface area contributed by atoms with Crippen LogP contribution in [0.1, 0.15) is 5.56 Å². The van der Waals surface area contributed by atoms with Gasteiger partial charge in [-0.3, -0.25) is 4.68 Å². The zero-order valence-electron chi connectivity index (χ0n) is 7.30. The van der Waals surface area contributed by atoms with Gasteiger partial charge in [-0.05, 0) is 22.4 Å². The molecule has 13 heavy (non-hydrogen) atoms. The quantitative estimate of drug-likeness (QED) is 0.747. The summed E-state index contributed by atoms with van der Waals surface area (Å²) in [5, 5.41) is 8.13. The average Bonchev–Trinajstić information content (AvgIpc) is 2.71. The van der Waals surface area contributed by atoms with Crippen LogP contribution in [0, 0.1) is 0 Å². The van der Waals surface area contributed by atoms with E-state index < -0.39 is 0 Å². The fourth-order valence-corrected chi connectivity index (χ4v) is 1.67. The minimum absolute atomic E-state index is 0.620. The SMILES string of the molecule is Cn1cc(OCc2ccsc2)cn1. The van der Waals surface area contributed by atoms with Crippen LogP contribution in [0.15, 0.2) is 29.2 Å². The smallest absolute Gasteiger partial charge is 0.157 e. The zero-order valence-corrected chi connectivity index (χ0v) is 8.12. The van der Waals surface area contributed by atoms with E-state index in [1.54, 1.807) is 22.2 Å². The summed E-state index contributed by atoms with van der Waals surface area (Å²) in [5.74, 6) is 0.814. The fraction of sp³-hybridized carbons (Fsp3) is 0.222. The molecule has 0 atom stereocenters. The highest BCUT2D eigenvalue weighted by atomic mass is 32.1. The highest BCUT2D eigenvalue weighted by Crippen LogP contribution is 2.12. The highest BCUT2D eigenvalue weighted by Gasteiger charge is 1.97. The van der Waals surface area contributed by atoms with Crippen LogP contribution in [0.5, 0.6) is 5.75 Å². The molecule has 0 aliphatic heterocycles. The van der Waals surface area contributed by atoms with Crippen LogP contribution in [0.25, 0.3) is 0 Å². The molecule has 2 rings (SSSR count). The first kappa shape index (κ1) is 8.31. The predicted molar refractivity (Wildman–Crippen MR) is 51.9 cm³/mol. The maximum absolute atomic E-state index is 5.49. The topological polar surface area (TPSA) is 27.1 Å². The summed E-state index contributed by atoms with van der Waals surface area (Å²) in [5.41, 5.74) is 1.20. The molecule has 0 aliphatic carbocycles. The number of aryl methyl sites for hydroxylation is 1. The molecule has 0 saturated carbocycles. The Morgan fingerprint density at radius 3 is 3.15 bits per heavy atom. The van der Waals surface area contributed by atoms with Crippen molar-refractivity contribution in [3.05, 3.63) is 34.8 Å². The minimum Gasteiger partial charge on any atom is -0.486 e. The van der Waals surface area contributed by atoms with Crippen LogP contribution >= 0.6 is 11.3 Å². The molecule has 3 nitrogen and oxygen atoms in total. The second kappa shape index (κ2) is 3.62. The first-order valence-electron chi connectivity index (χ1n) is 3.97. The van der Waals surface area contributed by atoms with E-state index in [1.807, 2.05) is 18.6 Å². The Kier molecular flexibility index (Phi) is 2.31. The van der Waals surface area contributed by atoms with Gasteiger partial charge in [-0.2, -0.15) is 16.4 Å². The van der Waals surface area contributed by atoms with Gasteiger partial charge >= 0.3 is 0 Å². The standard InChI is InChI=1S/C9H10N2OS/c1-11-5-9(4-10-11)12-6-8-2-3-13-7-8/h2-5,7H,6H2,1H3. The number of aromatic nitrogens is 2. The maximum Gasteiger partial charge on any atom is 0.157 e. The van der Waals surface area contributed by atoms with E-state index in [0.717, 1.165) is 5.75 Å². The molecule has 2 heterocycles. The Hall–Kier alpha value is -1.29. The Morgan fingerprint density at radius 1 is 1.62 bits per heavy atom. The third kappa shape index (κ3) is 2.09. The Bertz CT molecular complexity index is 367. The van der Waals surface area contributed by atoms with Crippen molar-refractivity contribution in [2.24, 2.45) is 7.05 Å². The fourth-order valence-electron chi connectivity index (χ4n) is 1.01. The molecule has 68 valence electrons. The van der Waals surface area contributed by atoms with Crippen molar-refractivity contribution in [1.82, 2.24) is 9.78 Å². The monoisotopic (exact) mass is 194 g/mol. The summed E-state index contributed by atoms with van der Waals surface area (Å²) >= 11 is 1.68. The lowest BCUT2D eigenvalue weighted by Crippen LogP contribution is -1.92. The van der Waals surface area contributed by atoms with Gasteiger partial charge in [-0.1, -0.05) is 0 Å². The summed E-state index contributed by atoms with van der Waals surface area (Å²) < 4.78 is 7.22. The van der Waals surface area contributed by atoms with E-state index >= 15 is 0 Å². The zero-order chi connectivity index (χ0) is 9.10. The van der Waals surface area contributed by atoms with Gasteiger partial charge in [0.25, 0.3) is 0 Å². The summed E-state index contributed by atoms with van der Waals surface area (Å²) in [6, 6.07) is 2.06. The van der Waals surface area contributed by atoms with Gasteiger partial charge in [0.15, 0.2) is 5.75 Å². The Balaban J connectivity index is 1.93. The number of nitrogens with zero attached hydrogens (tertiary/aromatic N) is 2. The number of hydrogen-bond donors (Lipinski definition) is 0. The Labute approximate surface area is 80.6 Å². The summed E-state index contributed by atoms with van der Waals surface area (Å²) in [7, 11) is 1.87. The second-order valence-electron chi connectivity index (χ2n) is 2.77. The van der Waals surface area contributed by atoms with Crippen LogP contribution in [0.3, 0.4) is 0 Å². The van der Waals surface area contributed by atoms with Crippen molar-refractivity contribution < 1.29 is 4.74 Å². The lowest BCUT2D eigenvalue weighted by Gasteiger charge is -1.99. The van der Waals surface area contributed by atoms with E-state index in [9.17, 15) is 0 Å². The minimum atomic E-state index is 0.620. The van der Waals surface area contributed by atoms with E-state index in [-0.39, 0.29) is 0 Å². The van der Waals surface area contributed by atoms with Gasteiger partial charge in [-0.25, -0.2) is 0 Å². The molecule has 0 N–H and O–H groups in total. The number of hydrogen-bond acceptors (Lipinski definition) is 3. The third-order valence-corrected chi connectivity index (χ3v) is 2.40. The van der Waals surface area contributed by atoms with Crippen LogP contribution in [0.4, 0.5) is 0 Å². The third-order valence-electron chi connectivity index (χ3n) is 1.67. The largest absolute Gasteiger partial charge is 0.486 e. The van der Waals surface area contributed by atoms with E-state index in [1.165, 1.54) is 5.56 Å². The predicted octanol–water partition coefficient (Wildman–Crippen LogP) is 2.06. The highest BCUT2D eigenvalue weighted by molar-refractivity contribution is 7.07. The molecule has 2 aromatic heterocycles. The molecule has 0 aliphatic rings.